The molecule has 27 heavy (non-hydrogen) atoms. The molecule has 6 nitrogen and oxygen atoms in total. The Morgan fingerprint density at radius 1 is 1.33 bits per heavy atom. The highest BCUT2D eigenvalue weighted by atomic mass is 127. The maximum Gasteiger partial charge on any atom is 0.194 e. The van der Waals surface area contributed by atoms with Crippen LogP contribution in [0.3, 0.4) is 0 Å². The predicted octanol–water partition coefficient (Wildman–Crippen LogP) is 2.27. The summed E-state index contributed by atoms with van der Waals surface area (Å²) in [6.07, 6.45) is 0.745. The van der Waals surface area contributed by atoms with Crippen LogP contribution in [-0.4, -0.2) is 74.4 Å². The molecule has 2 fully saturated rings. The molecule has 0 bridgehead atoms. The Morgan fingerprint density at radius 3 is 2.63 bits per heavy atom. The third-order valence-electron chi connectivity index (χ3n) is 4.88. The van der Waals surface area contributed by atoms with Crippen LogP contribution < -0.4 is 5.32 Å². The van der Waals surface area contributed by atoms with E-state index >= 15 is 0 Å². The molecule has 0 aliphatic carbocycles. The largest absolute Gasteiger partial charge is 0.354 e. The molecule has 0 saturated carbocycles. The van der Waals surface area contributed by atoms with Crippen molar-refractivity contribution in [1.29, 1.82) is 0 Å². The van der Waals surface area contributed by atoms with Gasteiger partial charge in [-0.15, -0.1) is 35.3 Å². The van der Waals surface area contributed by atoms with E-state index in [0.29, 0.717) is 24.1 Å². The number of piperazine rings is 1. The number of nitrogens with zero attached hydrogens (tertiary/aromatic N) is 3. The van der Waals surface area contributed by atoms with Crippen LogP contribution in [0.25, 0.3) is 0 Å². The predicted molar refractivity (Wildman–Crippen MR) is 124 cm³/mol. The Hall–Kier alpha value is -0.390. The fourth-order valence-electron chi connectivity index (χ4n) is 3.47. The number of aliphatic imine (C=N–C) groups is 1. The van der Waals surface area contributed by atoms with Crippen molar-refractivity contribution >= 4 is 51.1 Å². The molecule has 3 heterocycles. The lowest BCUT2D eigenvalue weighted by Gasteiger charge is -2.37. The van der Waals surface area contributed by atoms with Crippen molar-refractivity contribution in [2.24, 2.45) is 10.9 Å². The molecule has 1 N–H and O–H groups in total. The van der Waals surface area contributed by atoms with E-state index in [1.54, 1.807) is 0 Å². The summed E-state index contributed by atoms with van der Waals surface area (Å²) in [5.41, 5.74) is 0. The molecule has 3 rings (SSSR count). The minimum atomic E-state index is -2.83. The number of halogens is 1. The maximum absolute atomic E-state index is 11.7. The summed E-state index contributed by atoms with van der Waals surface area (Å²) in [5.74, 6) is 1.71. The molecule has 1 atom stereocenters. The molecule has 2 saturated heterocycles. The number of hydrogen-bond acceptors (Lipinski definition) is 5. The minimum absolute atomic E-state index is 0. The molecule has 9 heteroatoms. The molecule has 2 aliphatic heterocycles. The lowest BCUT2D eigenvalue weighted by molar-refractivity contribution is 0.173. The van der Waals surface area contributed by atoms with Crippen LogP contribution in [0, 0.1) is 5.92 Å². The lowest BCUT2D eigenvalue weighted by atomic mass is 10.1. The highest BCUT2D eigenvalue weighted by Gasteiger charge is 2.28. The summed E-state index contributed by atoms with van der Waals surface area (Å²) in [5, 5.41) is 5.60. The molecule has 0 spiro atoms. The van der Waals surface area contributed by atoms with Crippen molar-refractivity contribution in [2.75, 3.05) is 44.2 Å². The van der Waals surface area contributed by atoms with Crippen molar-refractivity contribution in [3.8, 4) is 0 Å². The molecule has 0 aromatic carbocycles. The van der Waals surface area contributed by atoms with Gasteiger partial charge in [0.2, 0.25) is 0 Å². The molecule has 0 amide bonds. The van der Waals surface area contributed by atoms with Gasteiger partial charge in [0, 0.05) is 50.2 Å². The van der Waals surface area contributed by atoms with E-state index in [1.807, 2.05) is 11.3 Å². The second kappa shape index (κ2) is 10.4. The summed E-state index contributed by atoms with van der Waals surface area (Å²) >= 11 is 1.81. The molecule has 1 aromatic rings. The zero-order valence-corrected chi connectivity index (χ0v) is 20.1. The van der Waals surface area contributed by atoms with Crippen LogP contribution >= 0.6 is 35.3 Å². The third kappa shape index (κ3) is 7.17. The van der Waals surface area contributed by atoms with Crippen LogP contribution in [-0.2, 0) is 16.4 Å². The fourth-order valence-corrected chi connectivity index (χ4v) is 6.06. The molecule has 2 aliphatic rings. The molecular formula is C18H31IN4O2S2. The Bertz CT molecular complexity index is 699. The van der Waals surface area contributed by atoms with Gasteiger partial charge in [-0.05, 0) is 37.6 Å². The minimum Gasteiger partial charge on any atom is -0.354 e. The van der Waals surface area contributed by atoms with E-state index in [9.17, 15) is 8.42 Å². The second-order valence-electron chi connectivity index (χ2n) is 7.57. The van der Waals surface area contributed by atoms with Crippen LogP contribution in [0.1, 0.15) is 25.1 Å². The molecule has 1 aromatic heterocycles. The van der Waals surface area contributed by atoms with E-state index in [2.05, 4.69) is 46.5 Å². The number of sulfone groups is 1. The smallest absolute Gasteiger partial charge is 0.194 e. The summed E-state index contributed by atoms with van der Waals surface area (Å²) in [6, 6.07) is 4.61. The van der Waals surface area contributed by atoms with Crippen molar-refractivity contribution in [2.45, 2.75) is 32.9 Å². The summed E-state index contributed by atoms with van der Waals surface area (Å²) in [6.45, 7) is 9.80. The topological polar surface area (TPSA) is 65.0 Å². The van der Waals surface area contributed by atoms with E-state index in [1.165, 1.54) is 4.88 Å². The van der Waals surface area contributed by atoms with Gasteiger partial charge in [0.1, 0.15) is 0 Å². The van der Waals surface area contributed by atoms with Gasteiger partial charge in [0.15, 0.2) is 15.8 Å². The molecular weight excluding hydrogens is 495 g/mol. The van der Waals surface area contributed by atoms with E-state index in [-0.39, 0.29) is 29.9 Å². The van der Waals surface area contributed by atoms with Gasteiger partial charge in [-0.2, -0.15) is 0 Å². The van der Waals surface area contributed by atoms with Gasteiger partial charge in [0.05, 0.1) is 11.5 Å². The van der Waals surface area contributed by atoms with Crippen LogP contribution in [0.15, 0.2) is 22.5 Å². The first-order valence-electron chi connectivity index (χ1n) is 9.42. The number of rotatable bonds is 5. The standard InChI is InChI=1S/C18H30N4O2S2.HI/c1-15(2)20-18(19-12-16-5-11-26(23,24)14-16)22-8-6-21(7-9-22)13-17-4-3-10-25-17;/h3-4,10,15-16H,5-9,11-14H2,1-2H3,(H,19,20);1H. The van der Waals surface area contributed by atoms with Crippen LogP contribution in [0.2, 0.25) is 0 Å². The Kier molecular flexibility index (Phi) is 8.82. The normalized spacial score (nSPS) is 23.4. The van der Waals surface area contributed by atoms with Gasteiger partial charge in [0.25, 0.3) is 0 Å². The van der Waals surface area contributed by atoms with Gasteiger partial charge in [-0.1, -0.05) is 6.07 Å². The van der Waals surface area contributed by atoms with Gasteiger partial charge >= 0.3 is 0 Å². The molecule has 0 radical (unpaired) electrons. The average molecular weight is 527 g/mol. The number of hydrogen-bond donors (Lipinski definition) is 1. The van der Waals surface area contributed by atoms with Crippen molar-refractivity contribution in [1.82, 2.24) is 15.1 Å². The van der Waals surface area contributed by atoms with Crippen molar-refractivity contribution < 1.29 is 8.42 Å². The van der Waals surface area contributed by atoms with Crippen molar-refractivity contribution in [3.05, 3.63) is 22.4 Å². The van der Waals surface area contributed by atoms with E-state index in [0.717, 1.165) is 45.1 Å². The Labute approximate surface area is 184 Å². The lowest BCUT2D eigenvalue weighted by Crippen LogP contribution is -2.53. The van der Waals surface area contributed by atoms with E-state index in [4.69, 9.17) is 4.99 Å². The van der Waals surface area contributed by atoms with Gasteiger partial charge in [-0.3, -0.25) is 9.89 Å². The van der Waals surface area contributed by atoms with Crippen LogP contribution in [0.4, 0.5) is 0 Å². The first kappa shape index (κ1) is 22.9. The number of thiophene rings is 1. The van der Waals surface area contributed by atoms with Crippen molar-refractivity contribution in [3.63, 3.8) is 0 Å². The first-order chi connectivity index (χ1) is 12.4. The first-order valence-corrected chi connectivity index (χ1v) is 12.1. The Morgan fingerprint density at radius 2 is 2.07 bits per heavy atom. The third-order valence-corrected chi connectivity index (χ3v) is 7.57. The quantitative estimate of drug-likeness (QED) is 0.363. The summed E-state index contributed by atoms with van der Waals surface area (Å²) in [4.78, 5) is 11.0. The number of nitrogens with one attached hydrogen (secondary N) is 1. The monoisotopic (exact) mass is 526 g/mol. The fraction of sp³-hybridized carbons (Fsp3) is 0.722. The summed E-state index contributed by atoms with van der Waals surface area (Å²) in [7, 11) is -2.83. The Balaban J connectivity index is 0.00000261. The van der Waals surface area contributed by atoms with E-state index < -0.39 is 9.84 Å². The van der Waals surface area contributed by atoms with Gasteiger partial charge < -0.3 is 10.2 Å². The zero-order chi connectivity index (χ0) is 18.6. The highest BCUT2D eigenvalue weighted by molar-refractivity contribution is 14.0. The maximum atomic E-state index is 11.7. The van der Waals surface area contributed by atoms with Gasteiger partial charge in [-0.25, -0.2) is 8.42 Å². The highest BCUT2D eigenvalue weighted by Crippen LogP contribution is 2.19. The van der Waals surface area contributed by atoms with Crippen LogP contribution in [0.5, 0.6) is 0 Å². The molecule has 1 unspecified atom stereocenters. The zero-order valence-electron chi connectivity index (χ0n) is 16.1. The number of guanidine groups is 1. The SMILES string of the molecule is CC(C)NC(=NCC1CCS(=O)(=O)C1)N1CCN(Cc2cccs2)CC1.I. The second-order valence-corrected chi connectivity index (χ2v) is 10.8. The average Bonchev–Trinajstić information content (AvgIpc) is 3.21. The molecule has 154 valence electrons. The summed E-state index contributed by atoms with van der Waals surface area (Å²) < 4.78 is 23.3.